The Morgan fingerprint density at radius 1 is 1.04 bits per heavy atom. The molecule has 0 unspecified atom stereocenters. The van der Waals surface area contributed by atoms with E-state index in [0.717, 1.165) is 24.2 Å². The van der Waals surface area contributed by atoms with Gasteiger partial charge in [-0.1, -0.05) is 60.7 Å². The molecular weight excluding hydrogens is 346 g/mol. The minimum atomic E-state index is -0.854. The SMILES string of the molecule is O=C(O)[C@@H](CSCc1ccccc1)NC(OCc1ccccc1)=C1CC1. The molecule has 4 nitrogen and oxygen atoms in total. The second kappa shape index (κ2) is 9.34. The van der Waals surface area contributed by atoms with E-state index < -0.39 is 12.0 Å². The first-order valence-electron chi connectivity index (χ1n) is 8.72. The molecular formula is C21H23NO3S. The molecule has 0 aliphatic heterocycles. The number of allylic oxidation sites excluding steroid dienone is 1. The summed E-state index contributed by atoms with van der Waals surface area (Å²) < 4.78 is 5.89. The predicted molar refractivity (Wildman–Crippen MR) is 105 cm³/mol. The van der Waals surface area contributed by atoms with Crippen molar-refractivity contribution >= 4 is 17.7 Å². The number of benzene rings is 2. The zero-order chi connectivity index (χ0) is 18.2. The highest BCUT2D eigenvalue weighted by Gasteiger charge is 2.25. The molecule has 2 aromatic rings. The summed E-state index contributed by atoms with van der Waals surface area (Å²) >= 11 is 1.61. The minimum absolute atomic E-state index is 0.441. The number of carboxylic acid groups (broad SMARTS) is 1. The number of carbonyl (C=O) groups is 1. The number of ether oxygens (including phenoxy) is 1. The molecule has 1 fully saturated rings. The van der Waals surface area contributed by atoms with E-state index in [1.165, 1.54) is 11.1 Å². The van der Waals surface area contributed by atoms with Crippen LogP contribution in [0.3, 0.4) is 0 Å². The van der Waals surface area contributed by atoms with Crippen molar-refractivity contribution in [2.24, 2.45) is 0 Å². The van der Waals surface area contributed by atoms with Crippen molar-refractivity contribution in [1.82, 2.24) is 5.32 Å². The van der Waals surface area contributed by atoms with E-state index >= 15 is 0 Å². The average Bonchev–Trinajstić information content (AvgIpc) is 3.50. The Morgan fingerprint density at radius 2 is 1.65 bits per heavy atom. The third kappa shape index (κ3) is 5.85. The first kappa shape index (κ1) is 18.4. The molecule has 5 heteroatoms. The minimum Gasteiger partial charge on any atom is -0.480 e. The summed E-state index contributed by atoms with van der Waals surface area (Å²) in [5, 5.41) is 12.7. The Hall–Kier alpha value is -2.40. The van der Waals surface area contributed by atoms with Crippen LogP contribution < -0.4 is 5.32 Å². The Kier molecular flexibility index (Phi) is 6.61. The Bertz CT molecular complexity index is 740. The summed E-state index contributed by atoms with van der Waals surface area (Å²) in [6.07, 6.45) is 1.95. The molecule has 0 amide bonds. The van der Waals surface area contributed by atoms with Crippen molar-refractivity contribution < 1.29 is 14.6 Å². The maximum Gasteiger partial charge on any atom is 0.327 e. The van der Waals surface area contributed by atoms with Gasteiger partial charge >= 0.3 is 5.97 Å². The number of hydrogen-bond donors (Lipinski definition) is 2. The molecule has 0 radical (unpaired) electrons. The fourth-order valence-corrected chi connectivity index (χ4v) is 3.47. The second-order valence-electron chi connectivity index (χ2n) is 6.24. The van der Waals surface area contributed by atoms with E-state index in [4.69, 9.17) is 4.74 Å². The quantitative estimate of drug-likeness (QED) is 0.615. The van der Waals surface area contributed by atoms with E-state index in [2.05, 4.69) is 17.4 Å². The fraction of sp³-hybridized carbons (Fsp3) is 0.286. The zero-order valence-corrected chi connectivity index (χ0v) is 15.4. The van der Waals surface area contributed by atoms with Crippen LogP contribution in [-0.4, -0.2) is 22.9 Å². The lowest BCUT2D eigenvalue weighted by molar-refractivity contribution is -0.138. The number of carboxylic acids is 1. The molecule has 136 valence electrons. The summed E-state index contributed by atoms with van der Waals surface area (Å²) in [5.41, 5.74) is 3.43. The van der Waals surface area contributed by atoms with Crippen LogP contribution in [0.5, 0.6) is 0 Å². The summed E-state index contributed by atoms with van der Waals surface area (Å²) in [6.45, 7) is 0.441. The third-order valence-electron chi connectivity index (χ3n) is 4.05. The number of aliphatic carboxylic acids is 1. The van der Waals surface area contributed by atoms with Gasteiger partial charge in [-0.15, -0.1) is 0 Å². The van der Waals surface area contributed by atoms with Crippen LogP contribution in [0.25, 0.3) is 0 Å². The number of nitrogens with one attached hydrogen (secondary N) is 1. The number of rotatable bonds is 10. The van der Waals surface area contributed by atoms with E-state index in [9.17, 15) is 9.90 Å². The summed E-state index contributed by atoms with van der Waals surface area (Å²) in [4.78, 5) is 11.6. The van der Waals surface area contributed by atoms with Crippen LogP contribution in [0, 0.1) is 0 Å². The average molecular weight is 369 g/mol. The molecule has 3 rings (SSSR count). The first-order chi connectivity index (χ1) is 12.7. The van der Waals surface area contributed by atoms with Crippen molar-refractivity contribution in [3.63, 3.8) is 0 Å². The molecule has 1 saturated carbocycles. The lowest BCUT2D eigenvalue weighted by Gasteiger charge is -2.19. The van der Waals surface area contributed by atoms with Gasteiger partial charge in [0.2, 0.25) is 0 Å². The van der Waals surface area contributed by atoms with Crippen molar-refractivity contribution in [2.75, 3.05) is 5.75 Å². The highest BCUT2D eigenvalue weighted by molar-refractivity contribution is 7.98. The Labute approximate surface area is 158 Å². The monoisotopic (exact) mass is 369 g/mol. The predicted octanol–water partition coefficient (Wildman–Crippen LogP) is 4.18. The van der Waals surface area contributed by atoms with Crippen LogP contribution >= 0.6 is 11.8 Å². The molecule has 1 aliphatic rings. The molecule has 0 bridgehead atoms. The van der Waals surface area contributed by atoms with Gasteiger partial charge in [0.15, 0.2) is 5.88 Å². The molecule has 0 aromatic heterocycles. The van der Waals surface area contributed by atoms with Crippen molar-refractivity contribution in [3.05, 3.63) is 83.2 Å². The Balaban J connectivity index is 1.53. The van der Waals surface area contributed by atoms with Crippen molar-refractivity contribution in [1.29, 1.82) is 0 Å². The van der Waals surface area contributed by atoms with Gasteiger partial charge in [-0.25, -0.2) is 4.79 Å². The van der Waals surface area contributed by atoms with Gasteiger partial charge in [0.1, 0.15) is 12.6 Å². The maximum absolute atomic E-state index is 11.6. The summed E-state index contributed by atoms with van der Waals surface area (Å²) in [6, 6.07) is 19.3. The summed E-state index contributed by atoms with van der Waals surface area (Å²) in [7, 11) is 0. The van der Waals surface area contributed by atoms with Crippen LogP contribution in [0.2, 0.25) is 0 Å². The molecule has 2 aromatic carbocycles. The third-order valence-corrected chi connectivity index (χ3v) is 5.15. The van der Waals surface area contributed by atoms with E-state index in [1.54, 1.807) is 11.8 Å². The van der Waals surface area contributed by atoms with Crippen molar-refractivity contribution in [3.8, 4) is 0 Å². The van der Waals surface area contributed by atoms with Gasteiger partial charge in [-0.3, -0.25) is 0 Å². The molecule has 26 heavy (non-hydrogen) atoms. The van der Waals surface area contributed by atoms with Crippen LogP contribution in [0.1, 0.15) is 24.0 Å². The Morgan fingerprint density at radius 3 is 2.23 bits per heavy atom. The lowest BCUT2D eigenvalue weighted by atomic mass is 10.2. The van der Waals surface area contributed by atoms with E-state index in [0.29, 0.717) is 18.2 Å². The first-order valence-corrected chi connectivity index (χ1v) is 9.87. The van der Waals surface area contributed by atoms with Crippen LogP contribution in [-0.2, 0) is 21.9 Å². The van der Waals surface area contributed by atoms with Gasteiger partial charge in [-0.2, -0.15) is 11.8 Å². The van der Waals surface area contributed by atoms with Crippen LogP contribution in [0.15, 0.2) is 72.1 Å². The molecule has 1 atom stereocenters. The highest BCUT2D eigenvalue weighted by Crippen LogP contribution is 2.31. The van der Waals surface area contributed by atoms with Crippen molar-refractivity contribution in [2.45, 2.75) is 31.2 Å². The summed E-state index contributed by atoms with van der Waals surface area (Å²) in [5.74, 6) is 1.06. The van der Waals surface area contributed by atoms with E-state index in [-0.39, 0.29) is 0 Å². The molecule has 1 aliphatic carbocycles. The van der Waals surface area contributed by atoms with Gasteiger partial charge in [0.25, 0.3) is 0 Å². The smallest absolute Gasteiger partial charge is 0.327 e. The van der Waals surface area contributed by atoms with E-state index in [1.807, 2.05) is 48.5 Å². The molecule has 0 heterocycles. The highest BCUT2D eigenvalue weighted by atomic mass is 32.2. The molecule has 2 N–H and O–H groups in total. The van der Waals surface area contributed by atoms with Gasteiger partial charge in [0.05, 0.1) is 0 Å². The van der Waals surface area contributed by atoms with Gasteiger partial charge < -0.3 is 15.2 Å². The zero-order valence-electron chi connectivity index (χ0n) is 14.6. The van der Waals surface area contributed by atoms with Gasteiger partial charge in [0, 0.05) is 11.5 Å². The van der Waals surface area contributed by atoms with Gasteiger partial charge in [-0.05, 0) is 29.5 Å². The molecule has 0 spiro atoms. The fourth-order valence-electron chi connectivity index (χ4n) is 2.47. The number of hydrogen-bond acceptors (Lipinski definition) is 4. The lowest BCUT2D eigenvalue weighted by Crippen LogP contribution is -2.39. The molecule has 0 saturated heterocycles. The number of thioether (sulfide) groups is 1. The normalized spacial score (nSPS) is 13.8. The standard InChI is InChI=1S/C21H23NO3S/c23-21(24)19(15-26-14-17-9-5-2-6-10-17)22-20(18-11-12-18)25-13-16-7-3-1-4-8-16/h1-10,19,22H,11-15H2,(H,23,24)/t19-/m1/s1. The second-order valence-corrected chi connectivity index (χ2v) is 7.27. The topological polar surface area (TPSA) is 58.6 Å². The maximum atomic E-state index is 11.6. The largest absolute Gasteiger partial charge is 0.480 e. The van der Waals surface area contributed by atoms with Crippen LogP contribution in [0.4, 0.5) is 0 Å².